The molecule has 1 atom stereocenters. The average molecular weight is 635 g/mol. The fraction of sp³-hybridized carbons (Fsp3) is 0.303. The Morgan fingerprint density at radius 3 is 2.41 bits per heavy atom. The molecule has 1 unspecified atom stereocenters. The average Bonchev–Trinajstić information content (AvgIpc) is 3.37. The van der Waals surface area contributed by atoms with Crippen molar-refractivity contribution in [1.29, 1.82) is 0 Å². The van der Waals surface area contributed by atoms with E-state index in [2.05, 4.69) is 21.3 Å². The molecule has 3 aromatic carbocycles. The lowest BCUT2D eigenvalue weighted by atomic mass is 9.96. The van der Waals surface area contributed by atoms with Crippen molar-refractivity contribution in [3.63, 3.8) is 0 Å². The SMILES string of the molecule is CNC(=O)c1c(-c2ccc(F)cc2)oc2cc3c(cc12)-c1cc(cc(C(=O)NC(C)(C)C)c1)NC(=O)OCCOCCOC(O)N3. The number of halogens is 1. The van der Waals surface area contributed by atoms with E-state index in [-0.39, 0.29) is 54.6 Å². The number of nitrogens with one attached hydrogen (secondary N) is 4. The maximum absolute atomic E-state index is 13.8. The number of hydrogen-bond acceptors (Lipinski definition) is 9. The van der Waals surface area contributed by atoms with Gasteiger partial charge in [-0.25, -0.2) is 9.18 Å². The molecule has 2 bridgehead atoms. The molecule has 13 heteroatoms. The van der Waals surface area contributed by atoms with Crippen LogP contribution in [0.5, 0.6) is 0 Å². The molecule has 0 radical (unpaired) electrons. The number of rotatable bonds is 3. The van der Waals surface area contributed by atoms with E-state index in [9.17, 15) is 23.9 Å². The summed E-state index contributed by atoms with van der Waals surface area (Å²) in [6.45, 7) is 5.72. The van der Waals surface area contributed by atoms with Crippen molar-refractivity contribution in [3.05, 3.63) is 71.5 Å². The lowest BCUT2D eigenvalue weighted by Gasteiger charge is -2.22. The Kier molecular flexibility index (Phi) is 9.56. The third-order valence-corrected chi connectivity index (χ3v) is 6.87. The number of anilines is 2. The first kappa shape index (κ1) is 32.4. The number of amides is 3. The Bertz CT molecular complexity index is 1760. The van der Waals surface area contributed by atoms with Gasteiger partial charge < -0.3 is 39.7 Å². The van der Waals surface area contributed by atoms with Gasteiger partial charge >= 0.3 is 6.09 Å². The smallest absolute Gasteiger partial charge is 0.411 e. The molecule has 1 aliphatic rings. The van der Waals surface area contributed by atoms with Crippen molar-refractivity contribution in [2.24, 2.45) is 0 Å². The minimum atomic E-state index is -1.49. The molecule has 0 saturated heterocycles. The molecule has 1 aromatic heterocycles. The predicted molar refractivity (Wildman–Crippen MR) is 169 cm³/mol. The highest BCUT2D eigenvalue weighted by Gasteiger charge is 2.25. The third-order valence-electron chi connectivity index (χ3n) is 6.87. The van der Waals surface area contributed by atoms with Gasteiger partial charge in [-0.05, 0) is 74.9 Å². The molecule has 0 saturated carbocycles. The van der Waals surface area contributed by atoms with Crippen molar-refractivity contribution in [1.82, 2.24) is 10.6 Å². The molecule has 0 spiro atoms. The Balaban J connectivity index is 1.75. The number of ether oxygens (including phenoxy) is 3. The monoisotopic (exact) mass is 634 g/mol. The fourth-order valence-electron chi connectivity index (χ4n) is 4.90. The van der Waals surface area contributed by atoms with Gasteiger partial charge in [0.15, 0.2) is 0 Å². The topological polar surface area (TPSA) is 160 Å². The molecule has 5 N–H and O–H groups in total. The number of furan rings is 1. The normalized spacial score (nSPS) is 16.0. The number of aliphatic hydroxyl groups is 1. The summed E-state index contributed by atoms with van der Waals surface area (Å²) in [5.41, 5.74) is 2.03. The van der Waals surface area contributed by atoms with E-state index in [1.54, 1.807) is 24.3 Å². The van der Waals surface area contributed by atoms with E-state index < -0.39 is 35.7 Å². The molecular weight excluding hydrogens is 599 g/mol. The van der Waals surface area contributed by atoms with E-state index in [1.165, 1.54) is 37.4 Å². The highest BCUT2D eigenvalue weighted by molar-refractivity contribution is 6.13. The van der Waals surface area contributed by atoms with Crippen molar-refractivity contribution in [2.45, 2.75) is 32.7 Å². The van der Waals surface area contributed by atoms with Gasteiger partial charge in [0.2, 0.25) is 6.41 Å². The zero-order valence-electron chi connectivity index (χ0n) is 25.8. The Morgan fingerprint density at radius 1 is 0.957 bits per heavy atom. The summed E-state index contributed by atoms with van der Waals surface area (Å²) in [6, 6.07) is 13.5. The second-order valence-corrected chi connectivity index (χ2v) is 11.5. The van der Waals surface area contributed by atoms with Gasteiger partial charge in [0.25, 0.3) is 11.8 Å². The highest BCUT2D eigenvalue weighted by Crippen LogP contribution is 2.41. The van der Waals surface area contributed by atoms with E-state index >= 15 is 0 Å². The van der Waals surface area contributed by atoms with E-state index in [1.807, 2.05) is 20.8 Å². The van der Waals surface area contributed by atoms with Crippen LogP contribution < -0.4 is 21.3 Å². The van der Waals surface area contributed by atoms with Gasteiger partial charge in [-0.15, -0.1) is 0 Å². The van der Waals surface area contributed by atoms with Crippen LogP contribution >= 0.6 is 0 Å². The summed E-state index contributed by atoms with van der Waals surface area (Å²) < 4.78 is 36.0. The van der Waals surface area contributed by atoms with Gasteiger partial charge in [0.1, 0.15) is 23.8 Å². The van der Waals surface area contributed by atoms with Crippen molar-refractivity contribution in [2.75, 3.05) is 44.1 Å². The zero-order chi connectivity index (χ0) is 33.0. The molecule has 0 fully saturated rings. The number of aliphatic hydroxyl groups excluding tert-OH is 1. The van der Waals surface area contributed by atoms with Gasteiger partial charge in [-0.3, -0.25) is 14.9 Å². The minimum absolute atomic E-state index is 0.0147. The molecule has 242 valence electrons. The lowest BCUT2D eigenvalue weighted by molar-refractivity contribution is -0.0944. The van der Waals surface area contributed by atoms with Crippen LogP contribution in [0.3, 0.4) is 0 Å². The Labute approximate surface area is 264 Å². The molecule has 2 heterocycles. The maximum atomic E-state index is 13.8. The fourth-order valence-corrected chi connectivity index (χ4v) is 4.90. The number of cyclic esters (lactones) is 1. The molecule has 3 amide bonds. The quantitative estimate of drug-likeness (QED) is 0.207. The second-order valence-electron chi connectivity index (χ2n) is 11.5. The Morgan fingerprint density at radius 2 is 1.70 bits per heavy atom. The predicted octanol–water partition coefficient (Wildman–Crippen LogP) is 5.08. The number of fused-ring (bicyclic) bond motifs is 5. The second kappa shape index (κ2) is 13.6. The van der Waals surface area contributed by atoms with Gasteiger partial charge in [0.05, 0.1) is 25.4 Å². The van der Waals surface area contributed by atoms with E-state index in [4.69, 9.17) is 18.6 Å². The molecule has 0 aliphatic carbocycles. The van der Waals surface area contributed by atoms with Crippen LogP contribution in [0.2, 0.25) is 0 Å². The number of hydrogen-bond donors (Lipinski definition) is 5. The van der Waals surface area contributed by atoms with Crippen molar-refractivity contribution >= 4 is 40.3 Å². The standard InChI is InChI=1S/C33H35FN4O8/c1-33(2,3)38-29(39)20-13-19-14-22(15-20)36-31(41)44-11-9-43-10-12-45-32(42)37-25-17-26-24(16-23(19)25)27(30(40)35-4)28(46-26)18-5-7-21(34)8-6-18/h5-8,13-17,32,37,42H,9-12H2,1-4H3,(H,35,40)(H,36,41)(H,38,39). The van der Waals surface area contributed by atoms with Crippen LogP contribution in [0.25, 0.3) is 33.4 Å². The molecule has 5 rings (SSSR count). The minimum Gasteiger partial charge on any atom is -0.455 e. The largest absolute Gasteiger partial charge is 0.455 e. The summed E-state index contributed by atoms with van der Waals surface area (Å²) in [5, 5.41) is 22.3. The summed E-state index contributed by atoms with van der Waals surface area (Å²) in [4.78, 5) is 39.2. The number of carbonyl (C=O) groups excluding carboxylic acids is 3. The molecule has 12 nitrogen and oxygen atoms in total. The summed E-state index contributed by atoms with van der Waals surface area (Å²) in [6.07, 6.45) is -2.24. The summed E-state index contributed by atoms with van der Waals surface area (Å²) >= 11 is 0. The van der Waals surface area contributed by atoms with Crippen LogP contribution in [0.1, 0.15) is 41.5 Å². The summed E-state index contributed by atoms with van der Waals surface area (Å²) in [7, 11) is 1.48. The van der Waals surface area contributed by atoms with Crippen LogP contribution in [0, 0.1) is 5.82 Å². The first-order valence-electron chi connectivity index (χ1n) is 14.6. The van der Waals surface area contributed by atoms with Crippen molar-refractivity contribution < 1.29 is 42.5 Å². The lowest BCUT2D eigenvalue weighted by Crippen LogP contribution is -2.40. The van der Waals surface area contributed by atoms with Crippen LogP contribution in [0.15, 0.2) is 59.0 Å². The van der Waals surface area contributed by atoms with Crippen LogP contribution in [-0.4, -0.2) is 68.4 Å². The van der Waals surface area contributed by atoms with E-state index in [0.717, 1.165) is 0 Å². The molecule has 46 heavy (non-hydrogen) atoms. The van der Waals surface area contributed by atoms with E-state index in [0.29, 0.717) is 27.8 Å². The third kappa shape index (κ3) is 7.62. The Hall–Kier alpha value is -4.98. The van der Waals surface area contributed by atoms with Gasteiger partial charge in [-0.1, -0.05) is 0 Å². The molecular formula is C33H35FN4O8. The van der Waals surface area contributed by atoms with Crippen LogP contribution in [-0.2, 0) is 14.2 Å². The zero-order valence-corrected chi connectivity index (χ0v) is 25.8. The summed E-state index contributed by atoms with van der Waals surface area (Å²) in [5.74, 6) is -1.10. The van der Waals surface area contributed by atoms with Crippen LogP contribution in [0.4, 0.5) is 20.6 Å². The first-order chi connectivity index (χ1) is 21.9. The van der Waals surface area contributed by atoms with Gasteiger partial charge in [-0.2, -0.15) is 0 Å². The van der Waals surface area contributed by atoms with Gasteiger partial charge in [0, 0.05) is 52.1 Å². The number of carbonyl (C=O) groups is 3. The van der Waals surface area contributed by atoms with Crippen molar-refractivity contribution in [3.8, 4) is 22.5 Å². The highest BCUT2D eigenvalue weighted by atomic mass is 19.1. The number of benzene rings is 3. The maximum Gasteiger partial charge on any atom is 0.411 e. The molecule has 1 aliphatic heterocycles. The molecule has 4 aromatic rings. The first-order valence-corrected chi connectivity index (χ1v) is 14.6.